The van der Waals surface area contributed by atoms with E-state index in [-0.39, 0.29) is 16.9 Å². The van der Waals surface area contributed by atoms with E-state index in [0.29, 0.717) is 23.8 Å². The van der Waals surface area contributed by atoms with Gasteiger partial charge in [0.15, 0.2) is 0 Å². The normalized spacial score (nSPS) is 25.7. The van der Waals surface area contributed by atoms with E-state index in [1.165, 1.54) is 36.1 Å². The Bertz CT molecular complexity index is 1530. The van der Waals surface area contributed by atoms with Gasteiger partial charge in [-0.15, -0.1) is 0 Å². The van der Waals surface area contributed by atoms with E-state index < -0.39 is 17.7 Å². The second-order valence-electron chi connectivity index (χ2n) is 11.7. The predicted octanol–water partition coefficient (Wildman–Crippen LogP) is 8.87. The van der Waals surface area contributed by atoms with Crippen molar-refractivity contribution in [2.75, 3.05) is 0 Å². The summed E-state index contributed by atoms with van der Waals surface area (Å²) in [4.78, 5) is 11.0. The molecule has 4 unspecified atom stereocenters. The zero-order valence-corrected chi connectivity index (χ0v) is 22.8. The third-order valence-corrected chi connectivity index (χ3v) is 9.65. The Labute approximate surface area is 233 Å². The maximum atomic E-state index is 14.4. The minimum atomic E-state index is -4.46. The van der Waals surface area contributed by atoms with E-state index in [2.05, 4.69) is 24.3 Å². The molecule has 0 bridgehead atoms. The highest BCUT2D eigenvalue weighted by Crippen LogP contribution is 2.78. The Morgan fingerprint density at radius 1 is 1.05 bits per heavy atom. The van der Waals surface area contributed by atoms with Crippen LogP contribution in [0.4, 0.5) is 13.2 Å². The van der Waals surface area contributed by atoms with E-state index in [1.807, 2.05) is 31.2 Å². The number of carboxylic acids is 1. The number of halogens is 3. The quantitative estimate of drug-likeness (QED) is 0.250. The van der Waals surface area contributed by atoms with Crippen LogP contribution in [0, 0.1) is 30.1 Å². The fourth-order valence-electron chi connectivity index (χ4n) is 7.82. The molecule has 0 saturated heterocycles. The van der Waals surface area contributed by atoms with Crippen LogP contribution >= 0.6 is 0 Å². The molecule has 3 aromatic rings. The van der Waals surface area contributed by atoms with Gasteiger partial charge in [0.1, 0.15) is 0 Å². The van der Waals surface area contributed by atoms with Gasteiger partial charge in [-0.25, -0.2) is 4.79 Å². The third kappa shape index (κ3) is 4.49. The van der Waals surface area contributed by atoms with Crippen molar-refractivity contribution in [1.82, 2.24) is 0 Å². The van der Waals surface area contributed by atoms with Gasteiger partial charge in [-0.05, 0) is 113 Å². The molecule has 0 radical (unpaired) electrons. The van der Waals surface area contributed by atoms with E-state index in [1.54, 1.807) is 19.1 Å². The van der Waals surface area contributed by atoms with Crippen LogP contribution in [0.15, 0.2) is 72.8 Å². The van der Waals surface area contributed by atoms with Crippen molar-refractivity contribution in [2.24, 2.45) is 23.2 Å². The molecule has 0 aliphatic heterocycles. The summed E-state index contributed by atoms with van der Waals surface area (Å²) in [6, 6.07) is 20.9. The van der Waals surface area contributed by atoms with Crippen molar-refractivity contribution in [3.05, 3.63) is 112 Å². The summed E-state index contributed by atoms with van der Waals surface area (Å²) in [6.45, 7) is 3.66. The zero-order valence-electron chi connectivity index (χ0n) is 22.8. The Hall–Kier alpha value is -3.60. The van der Waals surface area contributed by atoms with Crippen molar-refractivity contribution in [2.45, 2.75) is 52.1 Å². The summed E-state index contributed by atoms with van der Waals surface area (Å²) in [6.07, 6.45) is 2.88. The standard InChI is InChI=1S/C35H33F3O2/c1-3-26(27-14-8-21(2)18-30(27)35(36,37)38)32(23-12-9-22(10-13-23)11-15-31(39)40)28-19-24-6-4-5-7-25(24)20-34-17-16-29(34)33(28)34/h4-15,18,28-29,33H,3,16-17,19-20H2,1-2H3,(H,39,40)/b15-11+,32-26+. The number of fused-ring (bicyclic) bond motifs is 2. The number of hydrogen-bond acceptors (Lipinski definition) is 1. The Kier molecular flexibility index (Phi) is 6.52. The fraction of sp³-hybridized carbons (Fsp3) is 0.343. The van der Waals surface area contributed by atoms with Crippen molar-refractivity contribution in [3.63, 3.8) is 0 Å². The highest BCUT2D eigenvalue weighted by Gasteiger charge is 2.72. The lowest BCUT2D eigenvalue weighted by Gasteiger charge is -2.27. The molecule has 2 saturated carbocycles. The van der Waals surface area contributed by atoms with E-state index in [9.17, 15) is 18.0 Å². The highest BCUT2D eigenvalue weighted by atomic mass is 19.4. The maximum Gasteiger partial charge on any atom is 0.417 e. The smallest absolute Gasteiger partial charge is 0.417 e. The Morgan fingerprint density at radius 3 is 2.40 bits per heavy atom. The summed E-state index contributed by atoms with van der Waals surface area (Å²) in [5.74, 6) is 0.150. The molecular formula is C35H33F3O2. The lowest BCUT2D eigenvalue weighted by Crippen LogP contribution is -2.18. The molecule has 3 aromatic carbocycles. The van der Waals surface area contributed by atoms with Crippen LogP contribution in [0.1, 0.15) is 65.1 Å². The summed E-state index contributed by atoms with van der Waals surface area (Å²) < 4.78 is 43.3. The first-order valence-electron chi connectivity index (χ1n) is 14.1. The molecular weight excluding hydrogens is 509 g/mol. The van der Waals surface area contributed by atoms with Crippen LogP contribution in [-0.2, 0) is 23.8 Å². The predicted molar refractivity (Wildman–Crippen MR) is 152 cm³/mol. The number of benzene rings is 3. The first kappa shape index (κ1) is 26.6. The molecule has 0 aromatic heterocycles. The first-order chi connectivity index (χ1) is 19.1. The van der Waals surface area contributed by atoms with Gasteiger partial charge in [-0.1, -0.05) is 73.2 Å². The summed E-state index contributed by atoms with van der Waals surface area (Å²) in [5, 5.41) is 9.04. The largest absolute Gasteiger partial charge is 0.478 e. The van der Waals surface area contributed by atoms with Gasteiger partial charge in [0, 0.05) is 6.08 Å². The molecule has 6 rings (SSSR count). The molecule has 0 amide bonds. The number of hydrogen-bond donors (Lipinski definition) is 1. The lowest BCUT2D eigenvalue weighted by molar-refractivity contribution is -0.137. The molecule has 4 atom stereocenters. The number of aliphatic carboxylic acids is 1. The van der Waals surface area contributed by atoms with E-state index in [4.69, 9.17) is 5.11 Å². The van der Waals surface area contributed by atoms with Crippen LogP contribution in [0.5, 0.6) is 0 Å². The third-order valence-electron chi connectivity index (χ3n) is 9.65. The molecule has 0 heterocycles. The van der Waals surface area contributed by atoms with Gasteiger partial charge < -0.3 is 5.11 Å². The van der Waals surface area contributed by atoms with Crippen molar-refractivity contribution in [3.8, 4) is 0 Å². The minimum absolute atomic E-state index is 0.105. The first-order valence-corrected chi connectivity index (χ1v) is 14.1. The number of alkyl halides is 3. The fourth-order valence-corrected chi connectivity index (χ4v) is 7.82. The van der Waals surface area contributed by atoms with Gasteiger partial charge in [0.05, 0.1) is 5.56 Å². The Morgan fingerprint density at radius 2 is 1.77 bits per heavy atom. The molecule has 206 valence electrons. The number of carboxylic acid groups (broad SMARTS) is 1. The topological polar surface area (TPSA) is 37.3 Å². The number of aryl methyl sites for hydroxylation is 1. The zero-order chi connectivity index (χ0) is 28.2. The molecule has 3 aliphatic carbocycles. The second-order valence-corrected chi connectivity index (χ2v) is 11.7. The van der Waals surface area contributed by atoms with Gasteiger partial charge in [0.2, 0.25) is 0 Å². The minimum Gasteiger partial charge on any atom is -0.478 e. The van der Waals surface area contributed by atoms with Crippen LogP contribution in [0.25, 0.3) is 17.2 Å². The van der Waals surface area contributed by atoms with E-state index >= 15 is 0 Å². The maximum absolute atomic E-state index is 14.4. The summed E-state index contributed by atoms with van der Waals surface area (Å²) >= 11 is 0. The van der Waals surface area contributed by atoms with Crippen molar-refractivity contribution < 1.29 is 23.1 Å². The highest BCUT2D eigenvalue weighted by molar-refractivity contribution is 5.94. The molecule has 3 aliphatic rings. The molecule has 2 fully saturated rings. The van der Waals surface area contributed by atoms with Crippen molar-refractivity contribution in [1.29, 1.82) is 0 Å². The molecule has 40 heavy (non-hydrogen) atoms. The number of rotatable bonds is 6. The summed E-state index contributed by atoms with van der Waals surface area (Å²) in [7, 11) is 0. The SMILES string of the molecule is CC/C(=C(/c1ccc(/C=C/C(=O)O)cc1)C1Cc2ccccc2CC23CCC2C13)c1ccc(C)cc1C(F)(F)F. The van der Waals surface area contributed by atoms with Crippen LogP contribution < -0.4 is 0 Å². The average molecular weight is 543 g/mol. The van der Waals surface area contributed by atoms with Crippen LogP contribution in [-0.4, -0.2) is 11.1 Å². The number of carbonyl (C=O) groups is 1. The van der Waals surface area contributed by atoms with Gasteiger partial charge >= 0.3 is 12.1 Å². The molecule has 5 heteroatoms. The van der Waals surface area contributed by atoms with Gasteiger partial charge in [-0.2, -0.15) is 13.2 Å². The van der Waals surface area contributed by atoms with Gasteiger partial charge in [0.25, 0.3) is 0 Å². The van der Waals surface area contributed by atoms with E-state index in [0.717, 1.165) is 41.2 Å². The number of allylic oxidation sites excluding steroid dienone is 2. The van der Waals surface area contributed by atoms with Crippen LogP contribution in [0.2, 0.25) is 0 Å². The monoisotopic (exact) mass is 542 g/mol. The molecule has 1 N–H and O–H groups in total. The second kappa shape index (κ2) is 9.79. The van der Waals surface area contributed by atoms with Crippen molar-refractivity contribution >= 4 is 23.2 Å². The Balaban J connectivity index is 1.57. The average Bonchev–Trinajstić information content (AvgIpc) is 3.43. The van der Waals surface area contributed by atoms with Crippen LogP contribution in [0.3, 0.4) is 0 Å². The lowest BCUT2D eigenvalue weighted by atomic mass is 9.77. The van der Waals surface area contributed by atoms with Gasteiger partial charge in [-0.3, -0.25) is 0 Å². The molecule has 2 nitrogen and oxygen atoms in total. The summed E-state index contributed by atoms with van der Waals surface area (Å²) in [5.41, 5.74) is 6.65. The molecule has 1 spiro atoms.